The SMILES string of the molecule is CC1=NC=C(/C=C/C(=O)O)CC=C1. The summed E-state index contributed by atoms with van der Waals surface area (Å²) >= 11 is 0. The molecule has 1 aliphatic rings. The highest BCUT2D eigenvalue weighted by Gasteiger charge is 1.95. The number of carboxylic acids is 1. The van der Waals surface area contributed by atoms with Gasteiger partial charge in [0.15, 0.2) is 0 Å². The zero-order valence-electron chi connectivity index (χ0n) is 7.40. The van der Waals surface area contributed by atoms with E-state index in [4.69, 9.17) is 5.11 Å². The molecule has 1 aliphatic heterocycles. The summed E-state index contributed by atoms with van der Waals surface area (Å²) in [5, 5.41) is 8.40. The molecule has 0 radical (unpaired) electrons. The molecular formula is C10H11NO2. The highest BCUT2D eigenvalue weighted by atomic mass is 16.4. The molecule has 0 saturated heterocycles. The quantitative estimate of drug-likeness (QED) is 0.655. The number of rotatable bonds is 2. The highest BCUT2D eigenvalue weighted by Crippen LogP contribution is 2.08. The van der Waals surface area contributed by atoms with Gasteiger partial charge < -0.3 is 5.11 Å². The molecule has 0 spiro atoms. The monoisotopic (exact) mass is 177 g/mol. The van der Waals surface area contributed by atoms with Crippen LogP contribution in [0.25, 0.3) is 0 Å². The van der Waals surface area contributed by atoms with Crippen LogP contribution < -0.4 is 0 Å². The lowest BCUT2D eigenvalue weighted by atomic mass is 10.2. The van der Waals surface area contributed by atoms with E-state index in [0.717, 1.165) is 23.8 Å². The van der Waals surface area contributed by atoms with Crippen molar-refractivity contribution in [3.05, 3.63) is 36.1 Å². The lowest BCUT2D eigenvalue weighted by Crippen LogP contribution is -1.86. The van der Waals surface area contributed by atoms with Gasteiger partial charge in [-0.2, -0.15) is 0 Å². The predicted molar refractivity (Wildman–Crippen MR) is 51.7 cm³/mol. The van der Waals surface area contributed by atoms with Crippen LogP contribution in [0.15, 0.2) is 41.1 Å². The lowest BCUT2D eigenvalue weighted by molar-refractivity contribution is -0.131. The number of hydrogen-bond donors (Lipinski definition) is 1. The van der Waals surface area contributed by atoms with Crippen LogP contribution in [0.2, 0.25) is 0 Å². The topological polar surface area (TPSA) is 49.7 Å². The summed E-state index contributed by atoms with van der Waals surface area (Å²) in [7, 11) is 0. The fraction of sp³-hybridized carbons (Fsp3) is 0.200. The number of allylic oxidation sites excluding steroid dienone is 4. The average Bonchev–Trinajstić information content (AvgIpc) is 2.27. The average molecular weight is 177 g/mol. The Bertz CT molecular complexity index is 322. The smallest absolute Gasteiger partial charge is 0.328 e. The Morgan fingerprint density at radius 1 is 1.69 bits per heavy atom. The third-order valence-electron chi connectivity index (χ3n) is 1.59. The molecule has 1 N–H and O–H groups in total. The van der Waals surface area contributed by atoms with Crippen molar-refractivity contribution in [3.8, 4) is 0 Å². The first-order chi connectivity index (χ1) is 6.18. The summed E-state index contributed by atoms with van der Waals surface area (Å²) in [5.41, 5.74) is 1.83. The zero-order chi connectivity index (χ0) is 9.68. The van der Waals surface area contributed by atoms with Gasteiger partial charge in [-0.05, 0) is 31.1 Å². The third-order valence-corrected chi connectivity index (χ3v) is 1.59. The fourth-order valence-corrected chi connectivity index (χ4v) is 0.935. The minimum Gasteiger partial charge on any atom is -0.478 e. The molecular weight excluding hydrogens is 166 g/mol. The molecule has 0 bridgehead atoms. The molecule has 0 saturated carbocycles. The molecule has 3 heteroatoms. The van der Waals surface area contributed by atoms with Gasteiger partial charge in [-0.3, -0.25) is 4.99 Å². The van der Waals surface area contributed by atoms with E-state index in [1.54, 1.807) is 12.3 Å². The Morgan fingerprint density at radius 3 is 3.15 bits per heavy atom. The molecule has 0 unspecified atom stereocenters. The summed E-state index contributed by atoms with van der Waals surface area (Å²) in [5.74, 6) is -0.935. The van der Waals surface area contributed by atoms with E-state index in [0.29, 0.717) is 0 Å². The van der Waals surface area contributed by atoms with Crippen LogP contribution in [0.5, 0.6) is 0 Å². The Morgan fingerprint density at radius 2 is 2.46 bits per heavy atom. The van der Waals surface area contributed by atoms with Crippen LogP contribution in [0.3, 0.4) is 0 Å². The van der Waals surface area contributed by atoms with Gasteiger partial charge in [-0.15, -0.1) is 0 Å². The van der Waals surface area contributed by atoms with E-state index in [9.17, 15) is 4.79 Å². The molecule has 0 atom stereocenters. The van der Waals surface area contributed by atoms with Crippen LogP contribution in [0.4, 0.5) is 0 Å². The van der Waals surface area contributed by atoms with Crippen molar-refractivity contribution in [2.75, 3.05) is 0 Å². The van der Waals surface area contributed by atoms with E-state index < -0.39 is 5.97 Å². The lowest BCUT2D eigenvalue weighted by Gasteiger charge is -1.91. The second kappa shape index (κ2) is 4.40. The molecule has 68 valence electrons. The van der Waals surface area contributed by atoms with Gasteiger partial charge in [0.25, 0.3) is 0 Å². The summed E-state index contributed by atoms with van der Waals surface area (Å²) in [6, 6.07) is 0. The van der Waals surface area contributed by atoms with E-state index >= 15 is 0 Å². The summed E-state index contributed by atoms with van der Waals surface area (Å²) < 4.78 is 0. The number of aliphatic imine (C=N–C) groups is 1. The van der Waals surface area contributed by atoms with Crippen molar-refractivity contribution in [2.45, 2.75) is 13.3 Å². The van der Waals surface area contributed by atoms with Crippen molar-refractivity contribution < 1.29 is 9.90 Å². The first kappa shape index (κ1) is 9.45. The molecule has 0 aromatic heterocycles. The minimum absolute atomic E-state index is 0.727. The number of nitrogens with zero attached hydrogens (tertiary/aromatic N) is 1. The van der Waals surface area contributed by atoms with Gasteiger partial charge in [0.05, 0.1) is 0 Å². The van der Waals surface area contributed by atoms with E-state index in [1.165, 1.54) is 0 Å². The first-order valence-corrected chi connectivity index (χ1v) is 3.99. The minimum atomic E-state index is -0.935. The van der Waals surface area contributed by atoms with Gasteiger partial charge in [-0.1, -0.05) is 6.08 Å². The Labute approximate surface area is 76.8 Å². The summed E-state index contributed by atoms with van der Waals surface area (Å²) in [4.78, 5) is 14.3. The largest absolute Gasteiger partial charge is 0.478 e. The second-order valence-electron chi connectivity index (χ2n) is 2.75. The Hall–Kier alpha value is -1.64. The van der Waals surface area contributed by atoms with Crippen LogP contribution in [0, 0.1) is 0 Å². The summed E-state index contributed by atoms with van der Waals surface area (Å²) in [6.45, 7) is 1.90. The zero-order valence-corrected chi connectivity index (χ0v) is 7.40. The molecule has 0 aliphatic carbocycles. The van der Waals surface area contributed by atoms with Crippen molar-refractivity contribution in [2.24, 2.45) is 4.99 Å². The number of carbonyl (C=O) groups is 1. The van der Waals surface area contributed by atoms with Gasteiger partial charge >= 0.3 is 5.97 Å². The fourth-order valence-electron chi connectivity index (χ4n) is 0.935. The maximum Gasteiger partial charge on any atom is 0.328 e. The van der Waals surface area contributed by atoms with E-state index in [1.807, 2.05) is 19.1 Å². The van der Waals surface area contributed by atoms with Crippen molar-refractivity contribution in [1.82, 2.24) is 0 Å². The molecule has 13 heavy (non-hydrogen) atoms. The van der Waals surface area contributed by atoms with Crippen LogP contribution >= 0.6 is 0 Å². The Balaban J connectivity index is 2.72. The third kappa shape index (κ3) is 3.51. The van der Waals surface area contributed by atoms with Crippen molar-refractivity contribution >= 4 is 11.7 Å². The van der Waals surface area contributed by atoms with Crippen LogP contribution in [0.1, 0.15) is 13.3 Å². The number of aliphatic carboxylic acids is 1. The molecule has 0 fully saturated rings. The second-order valence-corrected chi connectivity index (χ2v) is 2.75. The molecule has 1 rings (SSSR count). The molecule has 1 heterocycles. The van der Waals surface area contributed by atoms with Gasteiger partial charge in [0, 0.05) is 18.0 Å². The normalized spacial score (nSPS) is 16.7. The van der Waals surface area contributed by atoms with Gasteiger partial charge in [-0.25, -0.2) is 4.79 Å². The van der Waals surface area contributed by atoms with Crippen LogP contribution in [-0.2, 0) is 4.79 Å². The van der Waals surface area contributed by atoms with E-state index in [2.05, 4.69) is 4.99 Å². The number of carboxylic acid groups (broad SMARTS) is 1. The van der Waals surface area contributed by atoms with E-state index in [-0.39, 0.29) is 0 Å². The molecule has 3 nitrogen and oxygen atoms in total. The maximum atomic E-state index is 10.2. The Kier molecular flexibility index (Phi) is 3.20. The van der Waals surface area contributed by atoms with Gasteiger partial charge in [0.2, 0.25) is 0 Å². The first-order valence-electron chi connectivity index (χ1n) is 3.99. The number of hydrogen-bond acceptors (Lipinski definition) is 2. The molecule has 0 aromatic carbocycles. The predicted octanol–water partition coefficient (Wildman–Crippen LogP) is 1.93. The standard InChI is InChI=1S/C10H11NO2/c1-8-3-2-4-9(7-11-8)5-6-10(12)13/h2-3,5-7H,4H2,1H3,(H,12,13)/b6-5+. The summed E-state index contributed by atoms with van der Waals surface area (Å²) in [6.07, 6.45) is 8.98. The van der Waals surface area contributed by atoms with Crippen LogP contribution in [-0.4, -0.2) is 16.8 Å². The highest BCUT2D eigenvalue weighted by molar-refractivity contribution is 5.93. The van der Waals surface area contributed by atoms with Crippen molar-refractivity contribution in [1.29, 1.82) is 0 Å². The van der Waals surface area contributed by atoms with Gasteiger partial charge in [0.1, 0.15) is 0 Å². The molecule has 0 aromatic rings. The molecule has 0 amide bonds. The maximum absolute atomic E-state index is 10.2. The van der Waals surface area contributed by atoms with Crippen molar-refractivity contribution in [3.63, 3.8) is 0 Å².